The largest absolute Gasteiger partial charge is 0.387 e. The highest BCUT2D eigenvalue weighted by molar-refractivity contribution is 9.10. The molecular weight excluding hydrogens is 298 g/mol. The zero-order valence-corrected chi connectivity index (χ0v) is 11.6. The first-order chi connectivity index (χ1) is 8.24. The molecule has 90 valence electrons. The van der Waals surface area contributed by atoms with Gasteiger partial charge in [0.15, 0.2) is 0 Å². The summed E-state index contributed by atoms with van der Waals surface area (Å²) in [6.07, 6.45) is -0.559. The summed E-state index contributed by atoms with van der Waals surface area (Å²) in [5, 5.41) is 12.4. The molecule has 0 fully saturated rings. The number of aliphatic hydroxyl groups excluding tert-OH is 1. The van der Waals surface area contributed by atoms with Crippen molar-refractivity contribution in [3.63, 3.8) is 0 Å². The maximum absolute atomic E-state index is 10.4. The van der Waals surface area contributed by atoms with Crippen LogP contribution in [0.1, 0.15) is 22.5 Å². The molecule has 0 aliphatic heterocycles. The summed E-state index contributed by atoms with van der Waals surface area (Å²) < 4.78 is 0.949. The number of hydrogen-bond acceptors (Lipinski definition) is 3. The second-order valence-corrected chi connectivity index (χ2v) is 5.63. The molecule has 2 nitrogen and oxygen atoms in total. The van der Waals surface area contributed by atoms with Gasteiger partial charge in [-0.05, 0) is 32.9 Å². The van der Waals surface area contributed by atoms with Gasteiger partial charge in [0.2, 0.25) is 0 Å². The fourth-order valence-electron chi connectivity index (χ4n) is 1.85. The molecule has 2 rings (SSSR count). The molecule has 2 atom stereocenters. The average Bonchev–Trinajstić information content (AvgIpc) is 2.77. The van der Waals surface area contributed by atoms with Crippen LogP contribution < -0.4 is 5.73 Å². The van der Waals surface area contributed by atoms with Crippen LogP contribution in [0.15, 0.2) is 46.3 Å². The monoisotopic (exact) mass is 311 g/mol. The van der Waals surface area contributed by atoms with Gasteiger partial charge >= 0.3 is 0 Å². The van der Waals surface area contributed by atoms with Gasteiger partial charge in [0.25, 0.3) is 0 Å². The molecule has 0 saturated heterocycles. The van der Waals surface area contributed by atoms with E-state index in [1.807, 2.05) is 41.8 Å². The Hall–Kier alpha value is -0.680. The molecule has 0 aliphatic rings. The second kappa shape index (κ2) is 5.78. The van der Waals surface area contributed by atoms with Crippen molar-refractivity contribution in [3.05, 3.63) is 56.7 Å². The van der Waals surface area contributed by atoms with Crippen LogP contribution in [0.2, 0.25) is 0 Å². The van der Waals surface area contributed by atoms with E-state index in [0.29, 0.717) is 6.54 Å². The van der Waals surface area contributed by atoms with Gasteiger partial charge in [-0.1, -0.05) is 30.3 Å². The van der Waals surface area contributed by atoms with E-state index in [0.717, 1.165) is 14.9 Å². The van der Waals surface area contributed by atoms with Crippen molar-refractivity contribution in [2.24, 2.45) is 5.73 Å². The summed E-state index contributed by atoms with van der Waals surface area (Å²) in [7, 11) is 0. The van der Waals surface area contributed by atoms with Gasteiger partial charge < -0.3 is 10.8 Å². The maximum Gasteiger partial charge on any atom is 0.0973 e. The van der Waals surface area contributed by atoms with Gasteiger partial charge in [-0.25, -0.2) is 0 Å². The molecule has 0 radical (unpaired) electrons. The molecule has 0 bridgehead atoms. The van der Waals surface area contributed by atoms with Crippen LogP contribution in [0.4, 0.5) is 0 Å². The SMILES string of the molecule is NCC(c1ccccc1)C(O)c1sccc1Br. The van der Waals surface area contributed by atoms with Gasteiger partial charge in [-0.3, -0.25) is 0 Å². The van der Waals surface area contributed by atoms with Crippen molar-refractivity contribution in [2.45, 2.75) is 12.0 Å². The molecule has 2 aromatic rings. The van der Waals surface area contributed by atoms with Crippen LogP contribution in [0.3, 0.4) is 0 Å². The highest BCUT2D eigenvalue weighted by atomic mass is 79.9. The number of thiophene rings is 1. The van der Waals surface area contributed by atoms with Crippen molar-refractivity contribution in [2.75, 3.05) is 6.54 Å². The minimum Gasteiger partial charge on any atom is -0.387 e. The van der Waals surface area contributed by atoms with Gasteiger partial charge in [-0.2, -0.15) is 0 Å². The number of hydrogen-bond donors (Lipinski definition) is 2. The Kier molecular flexibility index (Phi) is 4.34. The highest BCUT2D eigenvalue weighted by Crippen LogP contribution is 2.37. The first kappa shape index (κ1) is 12.8. The standard InChI is InChI=1S/C13H14BrNOS/c14-11-6-7-17-13(11)12(16)10(8-15)9-4-2-1-3-5-9/h1-7,10,12,16H,8,15H2. The number of rotatable bonds is 4. The molecule has 0 amide bonds. The van der Waals surface area contributed by atoms with E-state index in [9.17, 15) is 5.11 Å². The quantitative estimate of drug-likeness (QED) is 0.910. The molecule has 17 heavy (non-hydrogen) atoms. The van der Waals surface area contributed by atoms with Crippen molar-refractivity contribution in [1.29, 1.82) is 0 Å². The summed E-state index contributed by atoms with van der Waals surface area (Å²) in [5.74, 6) is -0.0637. The number of benzene rings is 1. The zero-order chi connectivity index (χ0) is 12.3. The minimum atomic E-state index is -0.559. The Morgan fingerprint density at radius 3 is 2.47 bits per heavy atom. The van der Waals surface area contributed by atoms with E-state index in [2.05, 4.69) is 15.9 Å². The lowest BCUT2D eigenvalue weighted by molar-refractivity contribution is 0.150. The second-order valence-electron chi connectivity index (χ2n) is 3.83. The number of aliphatic hydroxyl groups is 1. The first-order valence-corrected chi connectivity index (χ1v) is 7.07. The summed E-state index contributed by atoms with van der Waals surface area (Å²) in [6.45, 7) is 0.426. The molecule has 0 aliphatic carbocycles. The van der Waals surface area contributed by atoms with Crippen LogP contribution in [0, 0.1) is 0 Å². The third kappa shape index (κ3) is 2.77. The van der Waals surface area contributed by atoms with E-state index in [1.165, 1.54) is 0 Å². The van der Waals surface area contributed by atoms with E-state index in [4.69, 9.17) is 5.73 Å². The maximum atomic E-state index is 10.4. The Labute approximate surface area is 113 Å². The third-order valence-electron chi connectivity index (χ3n) is 2.78. The van der Waals surface area contributed by atoms with Crippen molar-refractivity contribution < 1.29 is 5.11 Å². The van der Waals surface area contributed by atoms with E-state index in [1.54, 1.807) is 11.3 Å². The zero-order valence-electron chi connectivity index (χ0n) is 9.21. The Morgan fingerprint density at radius 1 is 1.24 bits per heavy atom. The van der Waals surface area contributed by atoms with Crippen LogP contribution in [-0.4, -0.2) is 11.7 Å². The summed E-state index contributed by atoms with van der Waals surface area (Å²) >= 11 is 4.99. The Bertz CT molecular complexity index is 471. The van der Waals surface area contributed by atoms with Crippen molar-refractivity contribution >= 4 is 27.3 Å². The summed E-state index contributed by atoms with van der Waals surface area (Å²) in [4.78, 5) is 0.935. The molecule has 1 aromatic carbocycles. The fraction of sp³-hybridized carbons (Fsp3) is 0.231. The highest BCUT2D eigenvalue weighted by Gasteiger charge is 2.23. The smallest absolute Gasteiger partial charge is 0.0973 e. The lowest BCUT2D eigenvalue weighted by atomic mass is 9.92. The van der Waals surface area contributed by atoms with E-state index in [-0.39, 0.29) is 5.92 Å². The first-order valence-electron chi connectivity index (χ1n) is 5.40. The molecule has 1 heterocycles. The number of nitrogens with two attached hydrogens (primary N) is 1. The minimum absolute atomic E-state index is 0.0637. The molecule has 4 heteroatoms. The van der Waals surface area contributed by atoms with Gasteiger partial charge in [0, 0.05) is 21.8 Å². The van der Waals surface area contributed by atoms with Gasteiger partial charge in [-0.15, -0.1) is 11.3 Å². The lowest BCUT2D eigenvalue weighted by Crippen LogP contribution is -2.19. The third-order valence-corrected chi connectivity index (χ3v) is 4.72. The fourth-order valence-corrected chi connectivity index (χ4v) is 3.50. The average molecular weight is 312 g/mol. The molecule has 2 unspecified atom stereocenters. The molecule has 0 saturated carbocycles. The summed E-state index contributed by atoms with van der Waals surface area (Å²) in [5.41, 5.74) is 6.86. The van der Waals surface area contributed by atoms with Gasteiger partial charge in [0.1, 0.15) is 0 Å². The van der Waals surface area contributed by atoms with Crippen LogP contribution in [0.25, 0.3) is 0 Å². The topological polar surface area (TPSA) is 46.2 Å². The van der Waals surface area contributed by atoms with Crippen LogP contribution >= 0.6 is 27.3 Å². The van der Waals surface area contributed by atoms with Crippen LogP contribution in [-0.2, 0) is 0 Å². The van der Waals surface area contributed by atoms with Crippen molar-refractivity contribution in [3.8, 4) is 0 Å². The predicted molar refractivity (Wildman–Crippen MR) is 75.2 cm³/mol. The Balaban J connectivity index is 2.28. The van der Waals surface area contributed by atoms with Gasteiger partial charge in [0.05, 0.1) is 6.10 Å². The van der Waals surface area contributed by atoms with E-state index >= 15 is 0 Å². The Morgan fingerprint density at radius 2 is 1.94 bits per heavy atom. The van der Waals surface area contributed by atoms with Crippen LogP contribution in [0.5, 0.6) is 0 Å². The molecule has 3 N–H and O–H groups in total. The predicted octanol–water partition coefficient (Wildman–Crippen LogP) is 3.29. The normalized spacial score (nSPS) is 14.5. The molecule has 0 spiro atoms. The van der Waals surface area contributed by atoms with E-state index < -0.39 is 6.10 Å². The number of halogens is 1. The lowest BCUT2D eigenvalue weighted by Gasteiger charge is -2.21. The summed E-state index contributed by atoms with van der Waals surface area (Å²) in [6, 6.07) is 11.8. The molecule has 1 aromatic heterocycles. The molecular formula is C13H14BrNOS. The van der Waals surface area contributed by atoms with Crippen molar-refractivity contribution in [1.82, 2.24) is 0 Å².